The lowest BCUT2D eigenvalue weighted by atomic mass is 10.1. The van der Waals surface area contributed by atoms with Crippen LogP contribution in [0.4, 0.5) is 0 Å². The predicted octanol–water partition coefficient (Wildman–Crippen LogP) is 3.51. The second-order valence-electron chi connectivity index (χ2n) is 3.31. The number of benzene rings is 1. The first-order chi connectivity index (χ1) is 7.79. The molecule has 0 amide bonds. The van der Waals surface area contributed by atoms with Crippen LogP contribution in [-0.4, -0.2) is 19.0 Å². The third-order valence-corrected chi connectivity index (χ3v) is 2.44. The van der Waals surface area contributed by atoms with Gasteiger partial charge in [0, 0.05) is 5.88 Å². The van der Waals surface area contributed by atoms with Gasteiger partial charge in [0.1, 0.15) is 0 Å². The predicted molar refractivity (Wildman–Crippen MR) is 66.8 cm³/mol. The van der Waals surface area contributed by atoms with Crippen molar-refractivity contribution in [2.45, 2.75) is 12.8 Å². The van der Waals surface area contributed by atoms with Crippen molar-refractivity contribution in [2.75, 3.05) is 13.0 Å². The first kappa shape index (κ1) is 12.8. The fraction of sp³-hybridized carbons (Fsp3) is 0.308. The molecule has 0 unspecified atom stereocenters. The second kappa shape index (κ2) is 7.07. The summed E-state index contributed by atoms with van der Waals surface area (Å²) in [6.45, 7) is 0. The summed E-state index contributed by atoms with van der Waals surface area (Å²) < 4.78 is 4.71. The maximum atomic E-state index is 11.4. The highest BCUT2D eigenvalue weighted by molar-refractivity contribution is 6.17. The lowest BCUT2D eigenvalue weighted by Gasteiger charge is -2.02. The number of unbranched alkanes of at least 4 members (excludes halogenated alkanes) is 1. The molecule has 0 saturated carbocycles. The van der Waals surface area contributed by atoms with E-state index in [0.717, 1.165) is 18.4 Å². The van der Waals surface area contributed by atoms with Gasteiger partial charge < -0.3 is 4.74 Å². The topological polar surface area (TPSA) is 26.3 Å². The number of halogens is 1. The molecule has 0 fully saturated rings. The van der Waals surface area contributed by atoms with Crippen molar-refractivity contribution in [3.63, 3.8) is 0 Å². The van der Waals surface area contributed by atoms with Gasteiger partial charge in [0.2, 0.25) is 0 Å². The van der Waals surface area contributed by atoms with Crippen LogP contribution >= 0.6 is 11.6 Å². The number of rotatable bonds is 5. The lowest BCUT2D eigenvalue weighted by Crippen LogP contribution is -2.03. The Morgan fingerprint density at radius 3 is 2.88 bits per heavy atom. The number of carbonyl (C=O) groups excluding carboxylic acids is 1. The Morgan fingerprint density at radius 2 is 2.19 bits per heavy atom. The third kappa shape index (κ3) is 3.70. The van der Waals surface area contributed by atoms with E-state index >= 15 is 0 Å². The summed E-state index contributed by atoms with van der Waals surface area (Å²) in [5, 5.41) is 0. The highest BCUT2D eigenvalue weighted by atomic mass is 35.5. The van der Waals surface area contributed by atoms with E-state index in [0.29, 0.717) is 11.4 Å². The highest BCUT2D eigenvalue weighted by Crippen LogP contribution is 2.12. The number of ether oxygens (including phenoxy) is 1. The lowest BCUT2D eigenvalue weighted by molar-refractivity contribution is 0.0600. The number of hydrogen-bond acceptors (Lipinski definition) is 2. The van der Waals surface area contributed by atoms with E-state index in [1.807, 2.05) is 30.4 Å². The van der Waals surface area contributed by atoms with Crippen molar-refractivity contribution in [3.05, 3.63) is 41.5 Å². The molecule has 0 aliphatic carbocycles. The molecule has 3 heteroatoms. The van der Waals surface area contributed by atoms with Gasteiger partial charge in [0.05, 0.1) is 12.7 Å². The van der Waals surface area contributed by atoms with Crippen molar-refractivity contribution in [1.29, 1.82) is 0 Å². The zero-order valence-electron chi connectivity index (χ0n) is 9.28. The van der Waals surface area contributed by atoms with E-state index in [2.05, 4.69) is 0 Å². The molecular weight excluding hydrogens is 224 g/mol. The number of alkyl halides is 1. The Kier molecular flexibility index (Phi) is 5.65. The third-order valence-electron chi connectivity index (χ3n) is 2.17. The van der Waals surface area contributed by atoms with E-state index in [-0.39, 0.29) is 5.97 Å². The van der Waals surface area contributed by atoms with Crippen LogP contribution in [-0.2, 0) is 4.74 Å². The maximum absolute atomic E-state index is 11.4. The number of allylic oxidation sites excluding steroid dienone is 1. The molecule has 2 nitrogen and oxygen atoms in total. The Bertz CT molecular complexity index is 372. The number of hydrogen-bond donors (Lipinski definition) is 0. The fourth-order valence-corrected chi connectivity index (χ4v) is 1.50. The Morgan fingerprint density at radius 1 is 1.44 bits per heavy atom. The average molecular weight is 239 g/mol. The summed E-state index contributed by atoms with van der Waals surface area (Å²) in [7, 11) is 1.39. The molecule has 1 aromatic rings. The molecule has 1 aromatic carbocycles. The zero-order chi connectivity index (χ0) is 11.8. The fourth-order valence-electron chi connectivity index (χ4n) is 1.34. The molecule has 86 valence electrons. The van der Waals surface area contributed by atoms with Crippen LogP contribution in [0, 0.1) is 0 Å². The quantitative estimate of drug-likeness (QED) is 0.446. The van der Waals surface area contributed by atoms with Crippen LogP contribution in [0.15, 0.2) is 30.3 Å². The smallest absolute Gasteiger partial charge is 0.338 e. The SMILES string of the molecule is COC(=O)c1ccccc1/C=C/CCCCl. The maximum Gasteiger partial charge on any atom is 0.338 e. The van der Waals surface area contributed by atoms with E-state index in [1.165, 1.54) is 7.11 Å². The Balaban J connectivity index is 2.78. The number of esters is 1. The minimum atomic E-state index is -0.308. The minimum absolute atomic E-state index is 0.308. The summed E-state index contributed by atoms with van der Waals surface area (Å²) in [6.07, 6.45) is 5.81. The van der Waals surface area contributed by atoms with Gasteiger partial charge in [0.15, 0.2) is 0 Å². The largest absolute Gasteiger partial charge is 0.465 e. The van der Waals surface area contributed by atoms with Crippen molar-refractivity contribution >= 4 is 23.6 Å². The van der Waals surface area contributed by atoms with Gasteiger partial charge in [-0.1, -0.05) is 30.4 Å². The van der Waals surface area contributed by atoms with Crippen LogP contribution in [0.5, 0.6) is 0 Å². The Labute approximate surface area is 101 Å². The molecule has 0 bridgehead atoms. The van der Waals surface area contributed by atoms with Gasteiger partial charge in [0.25, 0.3) is 0 Å². The van der Waals surface area contributed by atoms with Crippen LogP contribution in [0.2, 0.25) is 0 Å². The first-order valence-electron chi connectivity index (χ1n) is 5.19. The second-order valence-corrected chi connectivity index (χ2v) is 3.69. The first-order valence-corrected chi connectivity index (χ1v) is 5.73. The molecule has 0 atom stereocenters. The van der Waals surface area contributed by atoms with Gasteiger partial charge >= 0.3 is 5.97 Å². The molecule has 0 N–H and O–H groups in total. The van der Waals surface area contributed by atoms with Crippen LogP contribution in [0.3, 0.4) is 0 Å². The number of methoxy groups -OCH3 is 1. The molecule has 0 aliphatic rings. The molecule has 0 aromatic heterocycles. The van der Waals surface area contributed by atoms with Gasteiger partial charge in [-0.25, -0.2) is 4.79 Å². The van der Waals surface area contributed by atoms with Crippen LogP contribution in [0.25, 0.3) is 6.08 Å². The van der Waals surface area contributed by atoms with Gasteiger partial charge in [-0.2, -0.15) is 0 Å². The molecule has 0 aliphatic heterocycles. The van der Waals surface area contributed by atoms with E-state index in [1.54, 1.807) is 6.07 Å². The van der Waals surface area contributed by atoms with Gasteiger partial charge in [-0.05, 0) is 24.5 Å². The standard InChI is InChI=1S/C13H15ClO2/c1-16-13(15)12-9-5-4-8-11(12)7-3-2-6-10-14/h3-5,7-9H,2,6,10H2,1H3/b7-3+. The van der Waals surface area contributed by atoms with Crippen molar-refractivity contribution < 1.29 is 9.53 Å². The summed E-state index contributed by atoms with van der Waals surface area (Å²) in [4.78, 5) is 11.4. The summed E-state index contributed by atoms with van der Waals surface area (Å²) in [5.74, 6) is 0.348. The molecule has 0 radical (unpaired) electrons. The Hall–Kier alpha value is -1.28. The van der Waals surface area contributed by atoms with E-state index < -0.39 is 0 Å². The van der Waals surface area contributed by atoms with Crippen molar-refractivity contribution in [2.24, 2.45) is 0 Å². The van der Waals surface area contributed by atoms with E-state index in [4.69, 9.17) is 16.3 Å². The summed E-state index contributed by atoms with van der Waals surface area (Å²) in [5.41, 5.74) is 1.47. The monoisotopic (exact) mass is 238 g/mol. The summed E-state index contributed by atoms with van der Waals surface area (Å²) in [6, 6.07) is 7.37. The molecule has 1 rings (SSSR count). The van der Waals surface area contributed by atoms with Gasteiger partial charge in [-0.15, -0.1) is 11.6 Å². The molecule has 16 heavy (non-hydrogen) atoms. The van der Waals surface area contributed by atoms with Crippen molar-refractivity contribution in [3.8, 4) is 0 Å². The zero-order valence-corrected chi connectivity index (χ0v) is 10.0. The molecule has 0 heterocycles. The molecule has 0 spiro atoms. The molecular formula is C13H15ClO2. The highest BCUT2D eigenvalue weighted by Gasteiger charge is 2.07. The van der Waals surface area contributed by atoms with Gasteiger partial charge in [-0.3, -0.25) is 0 Å². The molecule has 0 saturated heterocycles. The summed E-state index contributed by atoms with van der Waals surface area (Å²) >= 11 is 5.58. The number of carbonyl (C=O) groups is 1. The normalized spacial score (nSPS) is 10.6. The van der Waals surface area contributed by atoms with Crippen LogP contribution in [0.1, 0.15) is 28.8 Å². The van der Waals surface area contributed by atoms with E-state index in [9.17, 15) is 4.79 Å². The minimum Gasteiger partial charge on any atom is -0.465 e. The van der Waals surface area contributed by atoms with Crippen LogP contribution < -0.4 is 0 Å². The van der Waals surface area contributed by atoms with Crippen molar-refractivity contribution in [1.82, 2.24) is 0 Å². The average Bonchev–Trinajstić information content (AvgIpc) is 2.34.